The van der Waals surface area contributed by atoms with Crippen molar-refractivity contribution < 1.29 is 40.7 Å². The Morgan fingerprint density at radius 1 is 1.11 bits per heavy atom. The Balaban J connectivity index is 1.67. The molecule has 3 aliphatic rings. The molecule has 2 aliphatic carbocycles. The number of urea groups is 1. The van der Waals surface area contributed by atoms with E-state index in [4.69, 9.17) is 4.74 Å². The van der Waals surface area contributed by atoms with Gasteiger partial charge in [0.15, 0.2) is 0 Å². The van der Waals surface area contributed by atoms with Gasteiger partial charge in [0.05, 0.1) is 35.9 Å². The summed E-state index contributed by atoms with van der Waals surface area (Å²) in [7, 11) is 1.44. The minimum atomic E-state index is -4.67. The number of nitrogens with zero attached hydrogens (tertiary/aromatic N) is 4. The highest BCUT2D eigenvalue weighted by Crippen LogP contribution is 2.43. The summed E-state index contributed by atoms with van der Waals surface area (Å²) in [6, 6.07) is 1.67. The number of hydrogen-bond acceptors (Lipinski definition) is 5. The number of carbonyl (C=O) groups excluding carboxylic acids is 2. The van der Waals surface area contributed by atoms with Crippen molar-refractivity contribution in [3.63, 3.8) is 0 Å². The molecule has 15 heteroatoms. The maximum Gasteiger partial charge on any atom is 0.416 e. The highest BCUT2D eigenvalue weighted by molar-refractivity contribution is 5.89. The van der Waals surface area contributed by atoms with Crippen LogP contribution < -0.4 is 11.2 Å². The predicted molar refractivity (Wildman–Crippen MR) is 145 cm³/mol. The number of alkyl halides is 6. The van der Waals surface area contributed by atoms with E-state index in [9.17, 15) is 45.5 Å². The Morgan fingerprint density at radius 3 is 2.45 bits per heavy atom. The fourth-order valence-electron chi connectivity index (χ4n) is 6.10. The number of carbonyl (C=O) groups is 2. The smallest absolute Gasteiger partial charge is 0.416 e. The lowest BCUT2D eigenvalue weighted by atomic mass is 9.88. The minimum absolute atomic E-state index is 0.0351. The third-order valence-electron chi connectivity index (χ3n) is 8.46. The molecule has 0 bridgehead atoms. The van der Waals surface area contributed by atoms with Crippen LogP contribution >= 0.6 is 0 Å². The number of fused-ring (bicyclic) bond motifs is 2. The molecular weight excluding hydrogens is 598 g/mol. The highest BCUT2D eigenvalue weighted by atomic mass is 19.4. The van der Waals surface area contributed by atoms with Gasteiger partial charge < -0.3 is 9.64 Å². The maximum absolute atomic E-state index is 14.0. The first kappa shape index (κ1) is 31.1. The lowest BCUT2D eigenvalue weighted by molar-refractivity contribution is -0.138. The zero-order chi connectivity index (χ0) is 32.4. The summed E-state index contributed by atoms with van der Waals surface area (Å²) in [5.41, 5.74) is -4.26. The number of rotatable bonds is 6. The average molecular weight is 627 g/mol. The summed E-state index contributed by atoms with van der Waals surface area (Å²) < 4.78 is 87.2. The van der Waals surface area contributed by atoms with Crippen LogP contribution in [0.2, 0.25) is 0 Å². The van der Waals surface area contributed by atoms with Crippen molar-refractivity contribution in [3.8, 4) is 0 Å². The van der Waals surface area contributed by atoms with Gasteiger partial charge in [0.1, 0.15) is 5.56 Å². The van der Waals surface area contributed by atoms with Crippen LogP contribution in [0.15, 0.2) is 51.8 Å². The number of amides is 2. The van der Waals surface area contributed by atoms with E-state index in [0.717, 1.165) is 26.3 Å². The van der Waals surface area contributed by atoms with E-state index in [1.54, 1.807) is 6.92 Å². The number of aromatic nitrogens is 2. The Morgan fingerprint density at radius 2 is 1.82 bits per heavy atom. The van der Waals surface area contributed by atoms with E-state index in [0.29, 0.717) is 0 Å². The molecule has 5 rings (SSSR count). The van der Waals surface area contributed by atoms with Gasteiger partial charge in [-0.2, -0.15) is 26.3 Å². The molecule has 44 heavy (non-hydrogen) atoms. The van der Waals surface area contributed by atoms with E-state index < -0.39 is 71.3 Å². The van der Waals surface area contributed by atoms with Gasteiger partial charge >= 0.3 is 30.0 Å². The standard InChI is InChI=1S/C29H28F6N4O5/c1-4-44-24(41)19-15-38(16-10-11-27(2)22(14-16)37(25(42)36(27)3)13-12-28(30,31)32)26(43)39(23(19)40)21-9-8-17-18(21)6-5-7-20(17)29(33,34)35/h5-7,10,14-15,21H,4,8-9,11-13H2,1-3H3/t21-,27?/m1/s1. The van der Waals surface area contributed by atoms with Crippen LogP contribution in [-0.2, 0) is 17.3 Å². The minimum Gasteiger partial charge on any atom is -0.462 e. The van der Waals surface area contributed by atoms with Crippen LogP contribution in [-0.4, -0.2) is 62.8 Å². The van der Waals surface area contributed by atoms with Gasteiger partial charge in [-0.15, -0.1) is 0 Å². The SMILES string of the molecule is CCOC(=O)c1cn(C2=CCC3(C)C(=C2)N(CCC(F)(F)F)C(=O)N3C)c(=O)n([C@@H]2CCc3c2cccc3C(F)(F)F)c1=O. The molecule has 1 aromatic carbocycles. The van der Waals surface area contributed by atoms with Crippen LogP contribution in [0.1, 0.15) is 66.2 Å². The fourth-order valence-corrected chi connectivity index (χ4v) is 6.10. The molecule has 236 valence electrons. The monoisotopic (exact) mass is 626 g/mol. The van der Waals surface area contributed by atoms with Crippen molar-refractivity contribution in [2.45, 2.75) is 63.5 Å². The molecule has 0 N–H and O–H groups in total. The van der Waals surface area contributed by atoms with E-state index in [2.05, 4.69) is 0 Å². The van der Waals surface area contributed by atoms with Crippen molar-refractivity contribution in [3.05, 3.63) is 85.3 Å². The van der Waals surface area contributed by atoms with Gasteiger partial charge in [-0.3, -0.25) is 18.8 Å². The molecule has 1 unspecified atom stereocenters. The third kappa shape index (κ3) is 5.11. The summed E-state index contributed by atoms with van der Waals surface area (Å²) in [6.45, 7) is 2.35. The molecule has 0 saturated carbocycles. The molecule has 0 radical (unpaired) electrons. The van der Waals surface area contributed by atoms with Crippen molar-refractivity contribution >= 4 is 17.7 Å². The lowest BCUT2D eigenvalue weighted by Gasteiger charge is -2.34. The first-order valence-electron chi connectivity index (χ1n) is 13.8. The van der Waals surface area contributed by atoms with Crippen LogP contribution in [0.4, 0.5) is 31.1 Å². The molecule has 1 saturated heterocycles. The van der Waals surface area contributed by atoms with Crippen molar-refractivity contribution in [2.24, 2.45) is 0 Å². The Kier molecular flexibility index (Phi) is 7.57. The topological polar surface area (TPSA) is 93.8 Å². The Labute approximate surface area is 246 Å². The van der Waals surface area contributed by atoms with Gasteiger partial charge in [-0.1, -0.05) is 18.2 Å². The fraction of sp³-hybridized carbons (Fsp3) is 0.448. The first-order valence-corrected chi connectivity index (χ1v) is 13.8. The molecular formula is C29H28F6N4O5. The van der Waals surface area contributed by atoms with E-state index in [1.807, 2.05) is 0 Å². The highest BCUT2D eigenvalue weighted by Gasteiger charge is 2.50. The van der Waals surface area contributed by atoms with E-state index in [1.165, 1.54) is 43.2 Å². The van der Waals surface area contributed by atoms with Gasteiger partial charge in [0.2, 0.25) is 0 Å². The lowest BCUT2D eigenvalue weighted by Crippen LogP contribution is -2.45. The van der Waals surface area contributed by atoms with Gasteiger partial charge in [0, 0.05) is 25.5 Å². The number of ether oxygens (including phenoxy) is 1. The van der Waals surface area contributed by atoms with Gasteiger partial charge in [-0.05, 0) is 56.4 Å². The largest absolute Gasteiger partial charge is 0.462 e. The third-order valence-corrected chi connectivity index (χ3v) is 8.46. The van der Waals surface area contributed by atoms with Crippen LogP contribution in [0.5, 0.6) is 0 Å². The van der Waals surface area contributed by atoms with Crippen LogP contribution in [0, 0.1) is 0 Å². The molecule has 2 atom stereocenters. The summed E-state index contributed by atoms with van der Waals surface area (Å²) in [5.74, 6) is -1.07. The quantitative estimate of drug-likeness (QED) is 0.334. The molecule has 2 aromatic rings. The molecule has 1 fully saturated rings. The number of benzene rings is 1. The van der Waals surface area contributed by atoms with Crippen LogP contribution in [0.25, 0.3) is 5.70 Å². The van der Waals surface area contributed by atoms with Gasteiger partial charge in [0.25, 0.3) is 5.56 Å². The number of esters is 1. The molecule has 2 amide bonds. The average Bonchev–Trinajstić information content (AvgIpc) is 3.43. The normalized spacial score (nSPS) is 21.7. The summed E-state index contributed by atoms with van der Waals surface area (Å²) in [4.78, 5) is 55.7. The second-order valence-electron chi connectivity index (χ2n) is 11.0. The Hall–Kier alpha value is -4.30. The van der Waals surface area contributed by atoms with Gasteiger partial charge in [-0.25, -0.2) is 14.4 Å². The first-order chi connectivity index (χ1) is 20.5. The molecule has 9 nitrogen and oxygen atoms in total. The van der Waals surface area contributed by atoms with E-state index >= 15 is 0 Å². The molecule has 1 aliphatic heterocycles. The Bertz CT molecular complexity index is 1720. The zero-order valence-corrected chi connectivity index (χ0v) is 23.9. The van der Waals surface area contributed by atoms with Crippen molar-refractivity contribution in [2.75, 3.05) is 20.2 Å². The molecule has 0 spiro atoms. The number of hydrogen-bond donors (Lipinski definition) is 0. The zero-order valence-electron chi connectivity index (χ0n) is 23.9. The second-order valence-corrected chi connectivity index (χ2v) is 11.0. The van der Waals surface area contributed by atoms with Crippen molar-refractivity contribution in [1.29, 1.82) is 0 Å². The molecule has 2 heterocycles. The van der Waals surface area contributed by atoms with E-state index in [-0.39, 0.29) is 48.4 Å². The summed E-state index contributed by atoms with van der Waals surface area (Å²) >= 11 is 0. The van der Waals surface area contributed by atoms with Crippen LogP contribution in [0.3, 0.4) is 0 Å². The predicted octanol–water partition coefficient (Wildman–Crippen LogP) is 4.95. The second kappa shape index (κ2) is 10.7. The number of halogens is 6. The summed E-state index contributed by atoms with van der Waals surface area (Å²) in [6.07, 6.45) is -6.71. The summed E-state index contributed by atoms with van der Waals surface area (Å²) in [5, 5.41) is 0. The van der Waals surface area contributed by atoms with Crippen molar-refractivity contribution in [1.82, 2.24) is 18.9 Å². The maximum atomic E-state index is 14.0. The molecule has 1 aromatic heterocycles. The number of allylic oxidation sites excluding steroid dienone is 2. The number of likely N-dealkylation sites (N-methyl/N-ethyl adjacent to an activating group) is 1.